The number of nitrogens with one attached hydrogen (secondary N) is 1. The molecule has 0 spiro atoms. The van der Waals surface area contributed by atoms with Gasteiger partial charge in [0.05, 0.1) is 11.4 Å². The monoisotopic (exact) mass is 172 g/mol. The molecule has 2 aromatic rings. The Hall–Kier alpha value is -1.57. The molecular formula is C11H12N2. The van der Waals surface area contributed by atoms with Gasteiger partial charge in [-0.25, -0.2) is 0 Å². The molecule has 0 fully saturated rings. The number of nitrogens with zero attached hydrogens (tertiary/aromatic N) is 1. The predicted molar refractivity (Wildman–Crippen MR) is 53.5 cm³/mol. The van der Waals surface area contributed by atoms with Crippen LogP contribution in [0.4, 0.5) is 0 Å². The minimum atomic E-state index is 1.02. The van der Waals surface area contributed by atoms with Crippen molar-refractivity contribution in [2.75, 3.05) is 0 Å². The van der Waals surface area contributed by atoms with Crippen molar-refractivity contribution in [2.24, 2.45) is 0 Å². The number of H-pyrrole nitrogens is 1. The van der Waals surface area contributed by atoms with Gasteiger partial charge in [0.15, 0.2) is 0 Å². The van der Waals surface area contributed by atoms with Crippen LogP contribution in [0.1, 0.15) is 11.3 Å². The van der Waals surface area contributed by atoms with Crippen LogP contribution >= 0.6 is 0 Å². The maximum absolute atomic E-state index is 4.45. The molecule has 2 aromatic heterocycles. The Morgan fingerprint density at radius 3 is 2.69 bits per heavy atom. The van der Waals surface area contributed by atoms with E-state index in [1.807, 2.05) is 25.3 Å². The SMILES string of the molecule is Cc1cc(C)nc(-c2ccc[nH]2)c1. The lowest BCUT2D eigenvalue weighted by atomic mass is 10.2. The Kier molecular flexibility index (Phi) is 1.89. The van der Waals surface area contributed by atoms with Gasteiger partial charge >= 0.3 is 0 Å². The molecule has 2 heterocycles. The van der Waals surface area contributed by atoms with Crippen molar-refractivity contribution in [3.8, 4) is 11.4 Å². The fraction of sp³-hybridized carbons (Fsp3) is 0.182. The first-order valence-corrected chi connectivity index (χ1v) is 4.35. The van der Waals surface area contributed by atoms with Crippen LogP contribution in [-0.2, 0) is 0 Å². The van der Waals surface area contributed by atoms with Crippen molar-refractivity contribution in [3.63, 3.8) is 0 Å². The predicted octanol–water partition coefficient (Wildman–Crippen LogP) is 2.69. The number of aryl methyl sites for hydroxylation is 2. The first kappa shape index (κ1) is 8.05. The van der Waals surface area contributed by atoms with Crippen LogP contribution in [0.25, 0.3) is 11.4 Å². The summed E-state index contributed by atoms with van der Waals surface area (Å²) >= 11 is 0. The molecule has 2 nitrogen and oxygen atoms in total. The molecule has 0 saturated heterocycles. The van der Waals surface area contributed by atoms with Crippen molar-refractivity contribution in [2.45, 2.75) is 13.8 Å². The number of hydrogen-bond donors (Lipinski definition) is 1. The summed E-state index contributed by atoms with van der Waals surface area (Å²) in [6.45, 7) is 4.10. The highest BCUT2D eigenvalue weighted by Crippen LogP contribution is 2.16. The minimum Gasteiger partial charge on any atom is -0.360 e. The summed E-state index contributed by atoms with van der Waals surface area (Å²) in [6, 6.07) is 8.17. The van der Waals surface area contributed by atoms with Crippen molar-refractivity contribution in [3.05, 3.63) is 41.7 Å². The van der Waals surface area contributed by atoms with E-state index >= 15 is 0 Å². The van der Waals surface area contributed by atoms with Gasteiger partial charge in [-0.1, -0.05) is 0 Å². The number of aromatic nitrogens is 2. The third-order valence-corrected chi connectivity index (χ3v) is 1.97. The lowest BCUT2D eigenvalue weighted by molar-refractivity contribution is 1.17. The molecule has 0 aliphatic heterocycles. The molecule has 0 saturated carbocycles. The Morgan fingerprint density at radius 1 is 1.23 bits per heavy atom. The van der Waals surface area contributed by atoms with Gasteiger partial charge < -0.3 is 4.98 Å². The number of pyridine rings is 1. The Bertz CT molecular complexity index is 382. The van der Waals surface area contributed by atoms with Crippen molar-refractivity contribution in [1.29, 1.82) is 0 Å². The number of aromatic amines is 1. The molecular weight excluding hydrogens is 160 g/mol. The van der Waals surface area contributed by atoms with E-state index in [2.05, 4.69) is 29.0 Å². The van der Waals surface area contributed by atoms with E-state index in [9.17, 15) is 0 Å². The fourth-order valence-electron chi connectivity index (χ4n) is 1.47. The van der Waals surface area contributed by atoms with Crippen LogP contribution < -0.4 is 0 Å². The molecule has 0 amide bonds. The molecule has 0 aromatic carbocycles. The molecule has 13 heavy (non-hydrogen) atoms. The maximum Gasteiger partial charge on any atom is 0.0870 e. The van der Waals surface area contributed by atoms with Crippen LogP contribution in [-0.4, -0.2) is 9.97 Å². The van der Waals surface area contributed by atoms with E-state index in [0.29, 0.717) is 0 Å². The van der Waals surface area contributed by atoms with Crippen LogP contribution in [0.15, 0.2) is 30.5 Å². The second-order valence-corrected chi connectivity index (χ2v) is 3.25. The summed E-state index contributed by atoms with van der Waals surface area (Å²) < 4.78 is 0. The summed E-state index contributed by atoms with van der Waals surface area (Å²) in [4.78, 5) is 7.59. The van der Waals surface area contributed by atoms with Crippen LogP contribution in [0.5, 0.6) is 0 Å². The van der Waals surface area contributed by atoms with Gasteiger partial charge in [0.1, 0.15) is 0 Å². The first-order valence-electron chi connectivity index (χ1n) is 4.35. The van der Waals surface area contributed by atoms with E-state index in [0.717, 1.165) is 17.1 Å². The second kappa shape index (κ2) is 3.05. The zero-order valence-electron chi connectivity index (χ0n) is 7.83. The Labute approximate surface area is 77.6 Å². The summed E-state index contributed by atoms with van der Waals surface area (Å²) in [5.41, 5.74) is 4.40. The molecule has 0 atom stereocenters. The highest BCUT2D eigenvalue weighted by Gasteiger charge is 2.00. The van der Waals surface area contributed by atoms with Crippen LogP contribution in [0, 0.1) is 13.8 Å². The molecule has 0 aliphatic carbocycles. The second-order valence-electron chi connectivity index (χ2n) is 3.25. The van der Waals surface area contributed by atoms with E-state index < -0.39 is 0 Å². The summed E-state index contributed by atoms with van der Waals surface area (Å²) in [6.07, 6.45) is 1.91. The highest BCUT2D eigenvalue weighted by atomic mass is 14.8. The van der Waals surface area contributed by atoms with Crippen molar-refractivity contribution < 1.29 is 0 Å². The summed E-state index contributed by atoms with van der Waals surface area (Å²) in [7, 11) is 0. The molecule has 2 rings (SSSR count). The molecule has 0 aliphatic rings. The van der Waals surface area contributed by atoms with Gasteiger partial charge in [0, 0.05) is 11.9 Å². The quantitative estimate of drug-likeness (QED) is 0.704. The highest BCUT2D eigenvalue weighted by molar-refractivity contribution is 5.55. The van der Waals surface area contributed by atoms with Crippen LogP contribution in [0.3, 0.4) is 0 Å². The first-order chi connectivity index (χ1) is 6.25. The maximum atomic E-state index is 4.45. The Balaban J connectivity index is 2.53. The number of rotatable bonds is 1. The molecule has 0 bridgehead atoms. The van der Waals surface area contributed by atoms with Crippen LogP contribution in [0.2, 0.25) is 0 Å². The standard InChI is InChI=1S/C11H12N2/c1-8-6-9(2)13-11(7-8)10-4-3-5-12-10/h3-7,12H,1-2H3. The lowest BCUT2D eigenvalue weighted by Crippen LogP contribution is -1.88. The van der Waals surface area contributed by atoms with Crippen molar-refractivity contribution in [1.82, 2.24) is 9.97 Å². The van der Waals surface area contributed by atoms with E-state index in [4.69, 9.17) is 0 Å². The van der Waals surface area contributed by atoms with Gasteiger partial charge in [-0.05, 0) is 43.7 Å². The van der Waals surface area contributed by atoms with Gasteiger partial charge in [-0.15, -0.1) is 0 Å². The smallest absolute Gasteiger partial charge is 0.0870 e. The molecule has 1 N–H and O–H groups in total. The average Bonchev–Trinajstić information content (AvgIpc) is 2.53. The zero-order chi connectivity index (χ0) is 9.26. The number of hydrogen-bond acceptors (Lipinski definition) is 1. The molecule has 2 heteroatoms. The summed E-state index contributed by atoms with van der Waals surface area (Å²) in [5, 5.41) is 0. The molecule has 0 radical (unpaired) electrons. The third-order valence-electron chi connectivity index (χ3n) is 1.97. The van der Waals surface area contributed by atoms with Gasteiger partial charge in [-0.2, -0.15) is 0 Å². The van der Waals surface area contributed by atoms with Gasteiger partial charge in [0.25, 0.3) is 0 Å². The lowest BCUT2D eigenvalue weighted by Gasteiger charge is -2.01. The van der Waals surface area contributed by atoms with Crippen molar-refractivity contribution >= 4 is 0 Å². The minimum absolute atomic E-state index is 1.02. The van der Waals surface area contributed by atoms with E-state index in [1.165, 1.54) is 5.56 Å². The van der Waals surface area contributed by atoms with Gasteiger partial charge in [-0.3, -0.25) is 4.98 Å². The summed E-state index contributed by atoms with van der Waals surface area (Å²) in [5.74, 6) is 0. The van der Waals surface area contributed by atoms with E-state index in [1.54, 1.807) is 0 Å². The third kappa shape index (κ3) is 1.61. The molecule has 66 valence electrons. The van der Waals surface area contributed by atoms with Gasteiger partial charge in [0.2, 0.25) is 0 Å². The largest absolute Gasteiger partial charge is 0.360 e. The normalized spacial score (nSPS) is 10.3. The molecule has 0 unspecified atom stereocenters. The fourth-order valence-corrected chi connectivity index (χ4v) is 1.47. The average molecular weight is 172 g/mol. The zero-order valence-corrected chi connectivity index (χ0v) is 7.83. The Morgan fingerprint density at radius 2 is 2.08 bits per heavy atom. The van der Waals surface area contributed by atoms with E-state index in [-0.39, 0.29) is 0 Å². The topological polar surface area (TPSA) is 28.7 Å².